The fourth-order valence-electron chi connectivity index (χ4n) is 2.52. The molecule has 122 valence electrons. The Bertz CT molecular complexity index is 528. The average molecular weight is 309 g/mol. The molecule has 0 amide bonds. The Hall–Kier alpha value is -2.02. The first-order valence-electron chi connectivity index (χ1n) is 7.58. The number of benzene rings is 1. The van der Waals surface area contributed by atoms with Crippen LogP contribution in [0.3, 0.4) is 0 Å². The summed E-state index contributed by atoms with van der Waals surface area (Å²) >= 11 is 0. The third-order valence-electron chi connectivity index (χ3n) is 3.68. The first-order valence-corrected chi connectivity index (χ1v) is 7.58. The van der Waals surface area contributed by atoms with Crippen molar-refractivity contribution >= 4 is 11.4 Å². The first-order chi connectivity index (χ1) is 10.6. The van der Waals surface area contributed by atoms with Crippen molar-refractivity contribution in [1.29, 1.82) is 0 Å². The normalized spacial score (nSPS) is 15.7. The van der Waals surface area contributed by atoms with Crippen LogP contribution in [-0.4, -0.2) is 56.3 Å². The van der Waals surface area contributed by atoms with Crippen LogP contribution in [0.1, 0.15) is 13.8 Å². The predicted octanol–water partition coefficient (Wildman–Crippen LogP) is 2.14. The van der Waals surface area contributed by atoms with Crippen molar-refractivity contribution in [2.45, 2.75) is 13.8 Å². The summed E-state index contributed by atoms with van der Waals surface area (Å²) in [7, 11) is 2.05. The van der Waals surface area contributed by atoms with E-state index in [0.29, 0.717) is 30.4 Å². The lowest BCUT2D eigenvalue weighted by atomic mass is 10.2. The largest absolute Gasteiger partial charge is 0.490 e. The molecular formula is C15H23N3O4. The highest BCUT2D eigenvalue weighted by Gasteiger charge is 2.26. The summed E-state index contributed by atoms with van der Waals surface area (Å²) in [4.78, 5) is 15.3. The van der Waals surface area contributed by atoms with E-state index >= 15 is 0 Å². The van der Waals surface area contributed by atoms with Gasteiger partial charge in [-0.1, -0.05) is 0 Å². The van der Waals surface area contributed by atoms with E-state index in [0.717, 1.165) is 26.2 Å². The molecule has 0 saturated carbocycles. The molecule has 0 unspecified atom stereocenters. The fourth-order valence-corrected chi connectivity index (χ4v) is 2.52. The van der Waals surface area contributed by atoms with Crippen molar-refractivity contribution in [2.24, 2.45) is 0 Å². The summed E-state index contributed by atoms with van der Waals surface area (Å²) in [5.74, 6) is 0.984. The SMILES string of the molecule is CCOc1cc(N2CCN(C)CC2)c([N+](=O)[O-])cc1OCC. The predicted molar refractivity (Wildman–Crippen MR) is 85.1 cm³/mol. The molecular weight excluding hydrogens is 286 g/mol. The molecule has 1 aliphatic rings. The molecule has 0 bridgehead atoms. The number of ether oxygens (including phenoxy) is 2. The molecule has 0 aliphatic carbocycles. The third-order valence-corrected chi connectivity index (χ3v) is 3.68. The van der Waals surface area contributed by atoms with Gasteiger partial charge in [-0.25, -0.2) is 0 Å². The van der Waals surface area contributed by atoms with Gasteiger partial charge in [-0.2, -0.15) is 0 Å². The number of likely N-dealkylation sites (N-methyl/N-ethyl adjacent to an activating group) is 1. The van der Waals surface area contributed by atoms with Crippen molar-refractivity contribution < 1.29 is 14.4 Å². The zero-order valence-corrected chi connectivity index (χ0v) is 13.4. The maximum Gasteiger partial charge on any atom is 0.296 e. The van der Waals surface area contributed by atoms with Crippen LogP contribution in [-0.2, 0) is 0 Å². The maximum absolute atomic E-state index is 11.4. The minimum Gasteiger partial charge on any atom is -0.490 e. The van der Waals surface area contributed by atoms with Crippen LogP contribution in [0.2, 0.25) is 0 Å². The number of rotatable bonds is 6. The van der Waals surface area contributed by atoms with Gasteiger partial charge in [0.15, 0.2) is 11.5 Å². The van der Waals surface area contributed by atoms with Gasteiger partial charge < -0.3 is 19.3 Å². The second-order valence-electron chi connectivity index (χ2n) is 5.20. The molecule has 0 N–H and O–H groups in total. The molecule has 22 heavy (non-hydrogen) atoms. The molecule has 0 radical (unpaired) electrons. The Morgan fingerprint density at radius 1 is 1.09 bits per heavy atom. The molecule has 0 atom stereocenters. The Morgan fingerprint density at radius 3 is 2.14 bits per heavy atom. The summed E-state index contributed by atoms with van der Waals surface area (Å²) in [6.07, 6.45) is 0. The number of nitro benzene ring substituents is 1. The zero-order chi connectivity index (χ0) is 16.1. The Labute approximate surface area is 130 Å². The van der Waals surface area contributed by atoms with E-state index in [9.17, 15) is 10.1 Å². The molecule has 1 aromatic rings. The number of hydrogen-bond acceptors (Lipinski definition) is 6. The van der Waals surface area contributed by atoms with E-state index in [-0.39, 0.29) is 10.6 Å². The Kier molecular flexibility index (Phi) is 5.43. The van der Waals surface area contributed by atoms with Crippen molar-refractivity contribution in [3.05, 3.63) is 22.2 Å². The summed E-state index contributed by atoms with van der Waals surface area (Å²) in [6, 6.07) is 3.21. The molecule has 1 aromatic carbocycles. The number of hydrogen-bond donors (Lipinski definition) is 0. The summed E-state index contributed by atoms with van der Waals surface area (Å²) in [5, 5.41) is 11.4. The van der Waals surface area contributed by atoms with Crippen LogP contribution in [0, 0.1) is 10.1 Å². The monoisotopic (exact) mass is 309 g/mol. The van der Waals surface area contributed by atoms with Gasteiger partial charge in [0, 0.05) is 32.2 Å². The van der Waals surface area contributed by atoms with E-state index < -0.39 is 0 Å². The molecule has 0 spiro atoms. The summed E-state index contributed by atoms with van der Waals surface area (Å²) in [5.41, 5.74) is 0.668. The molecule has 7 nitrogen and oxygen atoms in total. The second-order valence-corrected chi connectivity index (χ2v) is 5.20. The van der Waals surface area contributed by atoms with Crippen molar-refractivity contribution in [3.63, 3.8) is 0 Å². The standard InChI is InChI=1S/C15H23N3O4/c1-4-21-14-10-12(17-8-6-16(3)7-9-17)13(18(19)20)11-15(14)22-5-2/h10-11H,4-9H2,1-3H3. The highest BCUT2D eigenvalue weighted by molar-refractivity contribution is 5.70. The topological polar surface area (TPSA) is 68.1 Å². The Balaban J connectivity index is 2.41. The van der Waals surface area contributed by atoms with E-state index in [1.807, 2.05) is 18.7 Å². The van der Waals surface area contributed by atoms with Crippen molar-refractivity contribution in [1.82, 2.24) is 4.90 Å². The molecule has 1 saturated heterocycles. The number of piperazine rings is 1. The van der Waals surface area contributed by atoms with Gasteiger partial charge in [0.2, 0.25) is 0 Å². The molecule has 0 aromatic heterocycles. The van der Waals surface area contributed by atoms with Gasteiger partial charge in [-0.05, 0) is 20.9 Å². The van der Waals surface area contributed by atoms with Crippen molar-refractivity contribution in [2.75, 3.05) is 51.3 Å². The van der Waals surface area contributed by atoms with E-state index in [1.165, 1.54) is 6.07 Å². The van der Waals surface area contributed by atoms with Gasteiger partial charge in [-0.15, -0.1) is 0 Å². The number of nitrogens with zero attached hydrogens (tertiary/aromatic N) is 3. The van der Waals surface area contributed by atoms with Crippen LogP contribution >= 0.6 is 0 Å². The van der Waals surface area contributed by atoms with E-state index in [4.69, 9.17) is 9.47 Å². The smallest absolute Gasteiger partial charge is 0.296 e. The lowest BCUT2D eigenvalue weighted by Crippen LogP contribution is -2.44. The average Bonchev–Trinajstić information content (AvgIpc) is 2.49. The molecule has 1 fully saturated rings. The lowest BCUT2D eigenvalue weighted by Gasteiger charge is -2.33. The van der Waals surface area contributed by atoms with E-state index in [1.54, 1.807) is 6.07 Å². The van der Waals surface area contributed by atoms with Crippen LogP contribution < -0.4 is 14.4 Å². The maximum atomic E-state index is 11.4. The van der Waals surface area contributed by atoms with Gasteiger partial charge in [0.1, 0.15) is 5.69 Å². The highest BCUT2D eigenvalue weighted by Crippen LogP contribution is 2.40. The van der Waals surface area contributed by atoms with E-state index in [2.05, 4.69) is 11.9 Å². The molecule has 1 heterocycles. The third kappa shape index (κ3) is 3.59. The van der Waals surface area contributed by atoms with Crippen LogP contribution in [0.5, 0.6) is 11.5 Å². The van der Waals surface area contributed by atoms with Crippen molar-refractivity contribution in [3.8, 4) is 11.5 Å². The van der Waals surface area contributed by atoms with Crippen LogP contribution in [0.4, 0.5) is 11.4 Å². The second kappa shape index (κ2) is 7.31. The van der Waals surface area contributed by atoms with Gasteiger partial charge in [0.25, 0.3) is 5.69 Å². The Morgan fingerprint density at radius 2 is 1.64 bits per heavy atom. The van der Waals surface area contributed by atoms with Crippen LogP contribution in [0.15, 0.2) is 12.1 Å². The number of nitro groups is 1. The van der Waals surface area contributed by atoms with Crippen LogP contribution in [0.25, 0.3) is 0 Å². The van der Waals surface area contributed by atoms with Gasteiger partial charge in [-0.3, -0.25) is 10.1 Å². The summed E-state index contributed by atoms with van der Waals surface area (Å²) in [6.45, 7) is 7.93. The number of anilines is 1. The molecule has 7 heteroatoms. The highest BCUT2D eigenvalue weighted by atomic mass is 16.6. The quantitative estimate of drug-likeness (QED) is 0.592. The molecule has 2 rings (SSSR count). The lowest BCUT2D eigenvalue weighted by molar-refractivity contribution is -0.384. The zero-order valence-electron chi connectivity index (χ0n) is 13.4. The molecule has 1 aliphatic heterocycles. The first kappa shape index (κ1) is 16.4. The summed E-state index contributed by atoms with van der Waals surface area (Å²) < 4.78 is 11.1. The van der Waals surface area contributed by atoms with Gasteiger partial charge in [0.05, 0.1) is 24.2 Å². The fraction of sp³-hybridized carbons (Fsp3) is 0.600. The minimum atomic E-state index is -0.355. The van der Waals surface area contributed by atoms with Gasteiger partial charge >= 0.3 is 0 Å². The minimum absolute atomic E-state index is 0.0662.